The number of hydrogen-bond acceptors (Lipinski definition) is 8. The maximum atomic E-state index is 13.0. The summed E-state index contributed by atoms with van der Waals surface area (Å²) < 4.78 is 13.1. The Balaban J connectivity index is 1.48. The topological polar surface area (TPSA) is 95.3 Å². The number of methoxy groups -OCH3 is 1. The van der Waals surface area contributed by atoms with Gasteiger partial charge in [-0.15, -0.1) is 28.1 Å². The van der Waals surface area contributed by atoms with Crippen LogP contribution < -0.4 is 10.1 Å². The number of rotatable bonds is 12. The van der Waals surface area contributed by atoms with Crippen molar-refractivity contribution < 1.29 is 19.1 Å². The Morgan fingerprint density at radius 3 is 2.59 bits per heavy atom. The molecule has 0 aliphatic heterocycles. The average Bonchev–Trinajstić information content (AvgIpc) is 3.57. The molecule has 2 aromatic carbocycles. The van der Waals surface area contributed by atoms with Crippen molar-refractivity contribution in [2.75, 3.05) is 18.2 Å². The van der Waals surface area contributed by atoms with Gasteiger partial charge >= 0.3 is 5.97 Å². The molecule has 1 atom stereocenters. The van der Waals surface area contributed by atoms with Crippen LogP contribution in [0.3, 0.4) is 0 Å². The number of anilines is 1. The van der Waals surface area contributed by atoms with Crippen LogP contribution in [0.5, 0.6) is 5.75 Å². The predicted octanol–water partition coefficient (Wildman–Crippen LogP) is 7.03. The standard InChI is InChI=1S/C31H34N4O4S2/c1-7-15-35-28(21(5)39-23-13-11-22(8-2)12-14-23)33-34-31(35)41-18-26(36)32-29-27(30(37)38-6)25(17-40-29)24-16-19(3)9-10-20(24)4/h7,9-14,16-17,21H,1,8,15,18H2,2-6H3,(H,32,36). The summed E-state index contributed by atoms with van der Waals surface area (Å²) in [5, 5.41) is 14.5. The van der Waals surface area contributed by atoms with Crippen molar-refractivity contribution in [2.45, 2.75) is 51.9 Å². The summed E-state index contributed by atoms with van der Waals surface area (Å²) in [5.74, 6) is 0.675. The van der Waals surface area contributed by atoms with Gasteiger partial charge in [0.25, 0.3) is 0 Å². The van der Waals surface area contributed by atoms with Crippen LogP contribution in [0.4, 0.5) is 5.00 Å². The van der Waals surface area contributed by atoms with E-state index < -0.39 is 5.97 Å². The number of hydrogen-bond donors (Lipinski definition) is 1. The van der Waals surface area contributed by atoms with E-state index in [1.165, 1.54) is 35.8 Å². The van der Waals surface area contributed by atoms with Gasteiger partial charge in [-0.05, 0) is 56.0 Å². The van der Waals surface area contributed by atoms with Crippen LogP contribution in [-0.4, -0.2) is 39.5 Å². The number of carbonyl (C=O) groups is 2. The zero-order valence-corrected chi connectivity index (χ0v) is 25.5. The molecule has 1 amide bonds. The van der Waals surface area contributed by atoms with E-state index in [9.17, 15) is 9.59 Å². The number of ether oxygens (including phenoxy) is 2. The van der Waals surface area contributed by atoms with Gasteiger partial charge in [-0.3, -0.25) is 9.36 Å². The highest BCUT2D eigenvalue weighted by Crippen LogP contribution is 2.38. The summed E-state index contributed by atoms with van der Waals surface area (Å²) in [6.45, 7) is 12.3. The molecule has 0 saturated carbocycles. The van der Waals surface area contributed by atoms with E-state index in [0.29, 0.717) is 28.1 Å². The Hall–Kier alpha value is -3.89. The van der Waals surface area contributed by atoms with Crippen molar-refractivity contribution in [1.29, 1.82) is 0 Å². The molecule has 0 bridgehead atoms. The molecule has 2 aromatic heterocycles. The molecule has 4 rings (SSSR count). The number of amides is 1. The van der Waals surface area contributed by atoms with Crippen LogP contribution in [0.25, 0.3) is 11.1 Å². The van der Waals surface area contributed by atoms with Gasteiger partial charge in [-0.2, -0.15) is 0 Å². The van der Waals surface area contributed by atoms with E-state index in [2.05, 4.69) is 29.0 Å². The highest BCUT2D eigenvalue weighted by molar-refractivity contribution is 7.99. The van der Waals surface area contributed by atoms with Crippen LogP contribution in [0.15, 0.2) is 65.7 Å². The van der Waals surface area contributed by atoms with E-state index in [1.54, 1.807) is 6.08 Å². The van der Waals surface area contributed by atoms with Crippen molar-refractivity contribution in [3.63, 3.8) is 0 Å². The van der Waals surface area contributed by atoms with Gasteiger partial charge < -0.3 is 14.8 Å². The Morgan fingerprint density at radius 1 is 1.15 bits per heavy atom. The maximum absolute atomic E-state index is 13.0. The zero-order valence-electron chi connectivity index (χ0n) is 23.9. The summed E-state index contributed by atoms with van der Waals surface area (Å²) in [6.07, 6.45) is 2.35. The third kappa shape index (κ3) is 7.07. The first kappa shape index (κ1) is 30.1. The van der Waals surface area contributed by atoms with Gasteiger partial charge in [0.2, 0.25) is 5.91 Å². The summed E-state index contributed by atoms with van der Waals surface area (Å²) in [5.41, 5.74) is 5.35. The molecule has 0 aliphatic carbocycles. The normalized spacial score (nSPS) is 11.6. The molecular weight excluding hydrogens is 556 g/mol. The number of thiophene rings is 1. The number of aryl methyl sites for hydroxylation is 3. The quantitative estimate of drug-likeness (QED) is 0.108. The van der Waals surface area contributed by atoms with Crippen molar-refractivity contribution in [3.8, 4) is 16.9 Å². The van der Waals surface area contributed by atoms with E-state index in [4.69, 9.17) is 9.47 Å². The number of thioether (sulfide) groups is 1. The maximum Gasteiger partial charge on any atom is 0.341 e. The fraction of sp³-hybridized carbons (Fsp3) is 0.290. The van der Waals surface area contributed by atoms with Crippen molar-refractivity contribution >= 4 is 40.0 Å². The Labute approximate surface area is 248 Å². The van der Waals surface area contributed by atoms with Gasteiger partial charge in [0.05, 0.1) is 12.9 Å². The summed E-state index contributed by atoms with van der Waals surface area (Å²) in [6, 6.07) is 14.0. The van der Waals surface area contributed by atoms with E-state index in [0.717, 1.165) is 34.4 Å². The van der Waals surface area contributed by atoms with Gasteiger partial charge in [-0.25, -0.2) is 4.79 Å². The molecule has 10 heteroatoms. The van der Waals surface area contributed by atoms with Gasteiger partial charge in [0, 0.05) is 17.5 Å². The molecule has 4 aromatic rings. The number of nitrogens with zero attached hydrogens (tertiary/aromatic N) is 3. The minimum absolute atomic E-state index is 0.0698. The number of nitrogens with one attached hydrogen (secondary N) is 1. The number of carbonyl (C=O) groups excluding carboxylic acids is 2. The first-order chi connectivity index (χ1) is 19.7. The number of aromatic nitrogens is 3. The lowest BCUT2D eigenvalue weighted by Gasteiger charge is -2.16. The third-order valence-corrected chi connectivity index (χ3v) is 8.38. The average molecular weight is 591 g/mol. The Bertz CT molecular complexity index is 1540. The number of esters is 1. The lowest BCUT2D eigenvalue weighted by atomic mass is 9.97. The van der Waals surface area contributed by atoms with E-state index in [-0.39, 0.29) is 17.8 Å². The number of benzene rings is 2. The largest absolute Gasteiger partial charge is 0.483 e. The summed E-state index contributed by atoms with van der Waals surface area (Å²) in [7, 11) is 1.34. The van der Waals surface area contributed by atoms with Crippen LogP contribution in [-0.2, 0) is 22.5 Å². The van der Waals surface area contributed by atoms with Gasteiger partial charge in [-0.1, -0.05) is 60.7 Å². The molecule has 0 saturated heterocycles. The van der Waals surface area contributed by atoms with Crippen LogP contribution in [0.1, 0.15) is 52.8 Å². The molecule has 8 nitrogen and oxygen atoms in total. The fourth-order valence-electron chi connectivity index (χ4n) is 4.34. The Morgan fingerprint density at radius 2 is 1.90 bits per heavy atom. The first-order valence-corrected chi connectivity index (χ1v) is 15.1. The van der Waals surface area contributed by atoms with Gasteiger partial charge in [0.15, 0.2) is 17.1 Å². The minimum Gasteiger partial charge on any atom is -0.483 e. The molecule has 0 aliphatic rings. The second kappa shape index (κ2) is 13.6. The number of allylic oxidation sites excluding steroid dienone is 1. The predicted molar refractivity (Wildman–Crippen MR) is 165 cm³/mol. The molecule has 1 N–H and O–H groups in total. The zero-order chi connectivity index (χ0) is 29.5. The minimum atomic E-state index is -0.501. The molecule has 0 spiro atoms. The molecule has 1 unspecified atom stereocenters. The molecule has 214 valence electrons. The Kier molecular flexibility index (Phi) is 10.0. The summed E-state index contributed by atoms with van der Waals surface area (Å²) >= 11 is 2.55. The lowest BCUT2D eigenvalue weighted by molar-refractivity contribution is -0.113. The highest BCUT2D eigenvalue weighted by Gasteiger charge is 2.24. The van der Waals surface area contributed by atoms with Crippen molar-refractivity contribution in [3.05, 3.63) is 88.6 Å². The van der Waals surface area contributed by atoms with Crippen LogP contribution in [0, 0.1) is 13.8 Å². The molecule has 41 heavy (non-hydrogen) atoms. The summed E-state index contributed by atoms with van der Waals surface area (Å²) in [4.78, 5) is 25.8. The second-order valence-electron chi connectivity index (χ2n) is 9.50. The monoisotopic (exact) mass is 590 g/mol. The lowest BCUT2D eigenvalue weighted by Crippen LogP contribution is -2.17. The van der Waals surface area contributed by atoms with Crippen molar-refractivity contribution in [1.82, 2.24) is 14.8 Å². The smallest absolute Gasteiger partial charge is 0.341 e. The third-order valence-electron chi connectivity index (χ3n) is 6.51. The van der Waals surface area contributed by atoms with E-state index >= 15 is 0 Å². The highest BCUT2D eigenvalue weighted by atomic mass is 32.2. The van der Waals surface area contributed by atoms with E-state index in [1.807, 2.05) is 73.2 Å². The van der Waals surface area contributed by atoms with Gasteiger partial charge in [0.1, 0.15) is 16.3 Å². The van der Waals surface area contributed by atoms with Crippen LogP contribution in [0.2, 0.25) is 0 Å². The SMILES string of the molecule is C=CCn1c(SCC(=O)Nc2scc(-c3cc(C)ccc3C)c2C(=O)OC)nnc1C(C)Oc1ccc(CC)cc1. The first-order valence-electron chi connectivity index (χ1n) is 13.2. The second-order valence-corrected chi connectivity index (χ2v) is 11.3. The van der Waals surface area contributed by atoms with Crippen LogP contribution >= 0.6 is 23.1 Å². The molecular formula is C31H34N4O4S2. The molecule has 0 fully saturated rings. The molecule has 0 radical (unpaired) electrons. The van der Waals surface area contributed by atoms with Crippen molar-refractivity contribution in [2.24, 2.45) is 0 Å². The fourth-order valence-corrected chi connectivity index (χ4v) is 6.06. The molecule has 2 heterocycles.